The van der Waals surface area contributed by atoms with Crippen molar-refractivity contribution < 1.29 is 9.72 Å². The number of carbonyl (C=O) groups excluding carboxylic acids is 1. The summed E-state index contributed by atoms with van der Waals surface area (Å²) in [5, 5.41) is 22.8. The van der Waals surface area contributed by atoms with Crippen LogP contribution in [0.2, 0.25) is 5.02 Å². The van der Waals surface area contributed by atoms with E-state index in [0.29, 0.717) is 17.5 Å². The molecule has 3 aromatic rings. The minimum atomic E-state index is -0.547. The van der Waals surface area contributed by atoms with Crippen molar-refractivity contribution in [1.82, 2.24) is 19.7 Å². The van der Waals surface area contributed by atoms with E-state index in [9.17, 15) is 14.9 Å². The summed E-state index contributed by atoms with van der Waals surface area (Å²) >= 11 is 7.26. The molecule has 2 heterocycles. The maximum Gasteiger partial charge on any atom is 0.271 e. The first-order valence-corrected chi connectivity index (χ1v) is 10.1. The number of rotatable bonds is 8. The largest absolute Gasteiger partial charge is 0.324 e. The van der Waals surface area contributed by atoms with E-state index in [0.717, 1.165) is 12.0 Å². The number of pyridine rings is 1. The van der Waals surface area contributed by atoms with E-state index < -0.39 is 4.92 Å². The summed E-state index contributed by atoms with van der Waals surface area (Å²) in [7, 11) is 0. The van der Waals surface area contributed by atoms with Gasteiger partial charge in [-0.3, -0.25) is 19.9 Å². The number of nitro groups is 1. The van der Waals surface area contributed by atoms with Gasteiger partial charge in [-0.25, -0.2) is 0 Å². The van der Waals surface area contributed by atoms with Crippen LogP contribution in [0.15, 0.2) is 47.9 Å². The van der Waals surface area contributed by atoms with Crippen LogP contribution in [0.25, 0.3) is 11.4 Å². The quantitative estimate of drug-likeness (QED) is 0.324. The molecule has 1 amide bonds. The van der Waals surface area contributed by atoms with E-state index in [1.165, 1.54) is 30.0 Å². The Kier molecular flexibility index (Phi) is 6.78. The van der Waals surface area contributed by atoms with E-state index in [-0.39, 0.29) is 28.1 Å². The van der Waals surface area contributed by atoms with Gasteiger partial charge in [0.05, 0.1) is 21.4 Å². The fourth-order valence-electron chi connectivity index (χ4n) is 2.57. The Morgan fingerprint density at radius 3 is 2.72 bits per heavy atom. The third-order valence-electron chi connectivity index (χ3n) is 3.87. The number of nitro benzene ring substituents is 1. The predicted molar refractivity (Wildman–Crippen MR) is 111 cm³/mol. The zero-order chi connectivity index (χ0) is 20.8. The summed E-state index contributed by atoms with van der Waals surface area (Å²) in [5.74, 6) is 0.407. The van der Waals surface area contributed by atoms with E-state index in [1.54, 1.807) is 12.4 Å². The molecule has 150 valence electrons. The Labute approximate surface area is 175 Å². The number of halogens is 1. The van der Waals surface area contributed by atoms with E-state index in [1.807, 2.05) is 23.6 Å². The second kappa shape index (κ2) is 9.48. The van der Waals surface area contributed by atoms with Gasteiger partial charge in [-0.1, -0.05) is 30.3 Å². The Bertz CT molecular complexity index is 1030. The van der Waals surface area contributed by atoms with Crippen LogP contribution in [0, 0.1) is 10.1 Å². The van der Waals surface area contributed by atoms with Crippen LogP contribution in [-0.2, 0) is 11.3 Å². The molecule has 0 spiro atoms. The molecular weight excluding hydrogens is 416 g/mol. The third kappa shape index (κ3) is 5.09. The zero-order valence-corrected chi connectivity index (χ0v) is 17.0. The van der Waals surface area contributed by atoms with Crippen LogP contribution < -0.4 is 5.32 Å². The third-order valence-corrected chi connectivity index (χ3v) is 5.17. The number of hydrogen-bond donors (Lipinski definition) is 1. The molecule has 0 aliphatic heterocycles. The second-order valence-corrected chi connectivity index (χ2v) is 7.30. The first-order valence-electron chi connectivity index (χ1n) is 8.69. The lowest BCUT2D eigenvalue weighted by atomic mass is 10.2. The molecule has 0 fully saturated rings. The van der Waals surface area contributed by atoms with Crippen LogP contribution in [0.5, 0.6) is 0 Å². The Balaban J connectivity index is 1.71. The molecular formula is C18H17ClN6O3S. The topological polar surface area (TPSA) is 116 Å². The smallest absolute Gasteiger partial charge is 0.271 e. The van der Waals surface area contributed by atoms with Gasteiger partial charge >= 0.3 is 0 Å². The molecule has 0 unspecified atom stereocenters. The SMILES string of the molecule is CCCn1c(SCC(=O)Nc2cc([N+](=O)[O-])ccc2Cl)nnc1-c1ccncc1. The summed E-state index contributed by atoms with van der Waals surface area (Å²) in [6, 6.07) is 7.58. The van der Waals surface area contributed by atoms with Gasteiger partial charge in [-0.05, 0) is 24.6 Å². The van der Waals surface area contributed by atoms with Crippen LogP contribution in [0.3, 0.4) is 0 Å². The van der Waals surface area contributed by atoms with Crippen molar-refractivity contribution in [3.63, 3.8) is 0 Å². The average molecular weight is 433 g/mol. The highest BCUT2D eigenvalue weighted by Crippen LogP contribution is 2.28. The van der Waals surface area contributed by atoms with Crippen molar-refractivity contribution in [1.29, 1.82) is 0 Å². The molecule has 0 aliphatic rings. The minimum absolute atomic E-state index is 0.0528. The number of hydrogen-bond acceptors (Lipinski definition) is 7. The average Bonchev–Trinajstić information content (AvgIpc) is 3.11. The first kappa shape index (κ1) is 20.7. The molecule has 2 aromatic heterocycles. The number of anilines is 1. The molecule has 11 heteroatoms. The van der Waals surface area contributed by atoms with Gasteiger partial charge in [0.25, 0.3) is 5.69 Å². The van der Waals surface area contributed by atoms with Crippen molar-refractivity contribution in [2.45, 2.75) is 25.0 Å². The van der Waals surface area contributed by atoms with Crippen LogP contribution in [0.4, 0.5) is 11.4 Å². The molecule has 0 atom stereocenters. The molecule has 9 nitrogen and oxygen atoms in total. The van der Waals surface area contributed by atoms with Gasteiger partial charge < -0.3 is 9.88 Å². The standard InChI is InChI=1S/C18H17ClN6O3S/c1-2-9-24-17(12-5-7-20-8-6-12)22-23-18(24)29-11-16(26)21-15-10-13(25(27)28)3-4-14(15)19/h3-8,10H,2,9,11H2,1H3,(H,21,26). The number of aromatic nitrogens is 4. The van der Waals surface area contributed by atoms with Gasteiger partial charge in [0.1, 0.15) is 0 Å². The first-order chi connectivity index (χ1) is 14.0. The molecule has 0 bridgehead atoms. The van der Waals surface area contributed by atoms with E-state index in [2.05, 4.69) is 20.5 Å². The monoisotopic (exact) mass is 432 g/mol. The fourth-order valence-corrected chi connectivity index (χ4v) is 3.50. The van der Waals surface area contributed by atoms with Gasteiger partial charge in [0.2, 0.25) is 5.91 Å². The fraction of sp³-hybridized carbons (Fsp3) is 0.222. The highest BCUT2D eigenvalue weighted by Gasteiger charge is 2.16. The lowest BCUT2D eigenvalue weighted by Gasteiger charge is -2.09. The molecule has 0 saturated heterocycles. The molecule has 1 N–H and O–H groups in total. The Hall–Kier alpha value is -2.98. The van der Waals surface area contributed by atoms with Crippen LogP contribution in [0.1, 0.15) is 13.3 Å². The Morgan fingerprint density at radius 1 is 1.28 bits per heavy atom. The van der Waals surface area contributed by atoms with Gasteiger partial charge in [0.15, 0.2) is 11.0 Å². The highest BCUT2D eigenvalue weighted by atomic mass is 35.5. The number of benzene rings is 1. The number of nitrogens with zero attached hydrogens (tertiary/aromatic N) is 5. The second-order valence-electron chi connectivity index (χ2n) is 5.95. The summed E-state index contributed by atoms with van der Waals surface area (Å²) in [6.45, 7) is 2.74. The Morgan fingerprint density at radius 2 is 2.03 bits per heavy atom. The summed E-state index contributed by atoms with van der Waals surface area (Å²) < 4.78 is 1.95. The van der Waals surface area contributed by atoms with Gasteiger partial charge in [0, 0.05) is 36.6 Å². The van der Waals surface area contributed by atoms with Crippen molar-refractivity contribution >= 4 is 40.6 Å². The number of carbonyl (C=O) groups is 1. The van der Waals surface area contributed by atoms with Gasteiger partial charge in [-0.15, -0.1) is 10.2 Å². The molecule has 3 rings (SSSR count). The number of nitrogens with one attached hydrogen (secondary N) is 1. The normalized spacial score (nSPS) is 10.7. The predicted octanol–water partition coefficient (Wildman–Crippen LogP) is 4.04. The molecule has 0 saturated carbocycles. The molecule has 29 heavy (non-hydrogen) atoms. The summed E-state index contributed by atoms with van der Waals surface area (Å²) in [4.78, 5) is 26.7. The van der Waals surface area contributed by atoms with Crippen LogP contribution >= 0.6 is 23.4 Å². The summed E-state index contributed by atoms with van der Waals surface area (Å²) in [6.07, 6.45) is 4.24. The van der Waals surface area contributed by atoms with Crippen molar-refractivity contribution in [3.8, 4) is 11.4 Å². The van der Waals surface area contributed by atoms with Gasteiger partial charge in [-0.2, -0.15) is 0 Å². The lowest BCUT2D eigenvalue weighted by molar-refractivity contribution is -0.384. The van der Waals surface area contributed by atoms with Crippen molar-refractivity contribution in [2.24, 2.45) is 0 Å². The molecule has 0 radical (unpaired) electrons. The molecule has 1 aromatic carbocycles. The number of amides is 1. The zero-order valence-electron chi connectivity index (χ0n) is 15.4. The maximum absolute atomic E-state index is 12.3. The number of thioether (sulfide) groups is 1. The maximum atomic E-state index is 12.3. The van der Waals surface area contributed by atoms with Crippen LogP contribution in [-0.4, -0.2) is 36.3 Å². The van der Waals surface area contributed by atoms with Crippen molar-refractivity contribution in [3.05, 3.63) is 57.9 Å². The van der Waals surface area contributed by atoms with E-state index in [4.69, 9.17) is 11.6 Å². The van der Waals surface area contributed by atoms with E-state index >= 15 is 0 Å². The summed E-state index contributed by atoms with van der Waals surface area (Å²) in [5.41, 5.74) is 0.932. The van der Waals surface area contributed by atoms with Crippen molar-refractivity contribution in [2.75, 3.05) is 11.1 Å². The lowest BCUT2D eigenvalue weighted by Crippen LogP contribution is -2.15. The number of non-ortho nitro benzene ring substituents is 1. The molecule has 0 aliphatic carbocycles. The highest BCUT2D eigenvalue weighted by molar-refractivity contribution is 7.99. The minimum Gasteiger partial charge on any atom is -0.324 e.